The number of aromatic nitrogens is 1. The molecule has 1 saturated heterocycles. The zero-order chi connectivity index (χ0) is 22.8. The number of hydrogen-bond donors (Lipinski definition) is 1. The van der Waals surface area contributed by atoms with E-state index in [0.717, 1.165) is 6.07 Å². The Hall–Kier alpha value is -2.89. The van der Waals surface area contributed by atoms with Gasteiger partial charge < -0.3 is 10.2 Å². The van der Waals surface area contributed by atoms with Crippen molar-refractivity contribution in [3.05, 3.63) is 62.7 Å². The van der Waals surface area contributed by atoms with Crippen LogP contribution in [0.2, 0.25) is 5.02 Å². The van der Waals surface area contributed by atoms with Gasteiger partial charge in [0.15, 0.2) is 10.9 Å². The Kier molecular flexibility index (Phi) is 6.49. The first kappa shape index (κ1) is 22.3. The SMILES string of the molecule is O=C(NCCN1CCN(c2nc3c(F)cc(F)cc3s2)CC1)c1cc(Cl)ccc1[N+](=O)[O-]. The van der Waals surface area contributed by atoms with E-state index in [1.54, 1.807) is 0 Å². The number of fused-ring (bicyclic) bond motifs is 1. The van der Waals surface area contributed by atoms with E-state index in [1.807, 2.05) is 4.90 Å². The van der Waals surface area contributed by atoms with Crippen LogP contribution in [0.15, 0.2) is 30.3 Å². The van der Waals surface area contributed by atoms with E-state index in [4.69, 9.17) is 11.6 Å². The third-order valence-electron chi connectivity index (χ3n) is 5.16. The molecule has 1 aliphatic heterocycles. The Morgan fingerprint density at radius 3 is 2.69 bits per heavy atom. The molecule has 0 saturated carbocycles. The van der Waals surface area contributed by atoms with Crippen LogP contribution >= 0.6 is 22.9 Å². The summed E-state index contributed by atoms with van der Waals surface area (Å²) in [6.07, 6.45) is 0. The average molecular weight is 482 g/mol. The zero-order valence-electron chi connectivity index (χ0n) is 16.7. The van der Waals surface area contributed by atoms with Crippen molar-refractivity contribution in [1.29, 1.82) is 0 Å². The third-order valence-corrected chi connectivity index (χ3v) is 6.46. The molecule has 0 radical (unpaired) electrons. The van der Waals surface area contributed by atoms with Crippen LogP contribution in [-0.2, 0) is 0 Å². The molecule has 1 aliphatic rings. The highest BCUT2D eigenvalue weighted by molar-refractivity contribution is 7.22. The van der Waals surface area contributed by atoms with Gasteiger partial charge in [0.1, 0.15) is 16.9 Å². The number of nitro groups is 1. The van der Waals surface area contributed by atoms with Crippen LogP contribution in [0, 0.1) is 21.7 Å². The van der Waals surface area contributed by atoms with Crippen LogP contribution in [0.3, 0.4) is 0 Å². The van der Waals surface area contributed by atoms with Gasteiger partial charge in [-0.25, -0.2) is 13.8 Å². The number of carbonyl (C=O) groups excluding carboxylic acids is 1. The van der Waals surface area contributed by atoms with Gasteiger partial charge >= 0.3 is 0 Å². The molecule has 1 aromatic heterocycles. The molecule has 168 valence electrons. The van der Waals surface area contributed by atoms with Gasteiger partial charge in [-0.15, -0.1) is 0 Å². The average Bonchev–Trinajstić information content (AvgIpc) is 3.18. The first-order valence-corrected chi connectivity index (χ1v) is 11.0. The summed E-state index contributed by atoms with van der Waals surface area (Å²) in [4.78, 5) is 31.3. The number of nitro benzene ring substituents is 1. The van der Waals surface area contributed by atoms with E-state index in [2.05, 4.69) is 15.2 Å². The molecule has 0 spiro atoms. The Morgan fingerprint density at radius 2 is 1.97 bits per heavy atom. The number of halogens is 3. The first-order valence-electron chi connectivity index (χ1n) is 9.77. The van der Waals surface area contributed by atoms with Crippen LogP contribution in [-0.4, -0.2) is 60.0 Å². The smallest absolute Gasteiger partial charge is 0.282 e. The summed E-state index contributed by atoms with van der Waals surface area (Å²) in [6.45, 7) is 3.57. The maximum Gasteiger partial charge on any atom is 0.282 e. The molecule has 0 bridgehead atoms. The summed E-state index contributed by atoms with van der Waals surface area (Å²) < 4.78 is 27.8. The van der Waals surface area contributed by atoms with Gasteiger partial charge in [0.2, 0.25) is 0 Å². The van der Waals surface area contributed by atoms with Crippen molar-refractivity contribution in [2.24, 2.45) is 0 Å². The van der Waals surface area contributed by atoms with Gasteiger partial charge in [0, 0.05) is 56.4 Å². The maximum atomic E-state index is 13.9. The Balaban J connectivity index is 1.30. The Labute approximate surface area is 190 Å². The van der Waals surface area contributed by atoms with Gasteiger partial charge in [-0.2, -0.15) is 0 Å². The van der Waals surface area contributed by atoms with Crippen molar-refractivity contribution < 1.29 is 18.5 Å². The predicted octanol–water partition coefficient (Wildman–Crippen LogP) is 3.69. The number of nitrogens with one attached hydrogen (secondary N) is 1. The van der Waals surface area contributed by atoms with E-state index in [1.165, 1.54) is 35.6 Å². The van der Waals surface area contributed by atoms with E-state index >= 15 is 0 Å². The highest BCUT2D eigenvalue weighted by atomic mass is 35.5. The minimum Gasteiger partial charge on any atom is -0.351 e. The standard InChI is InChI=1S/C20H18ClF2N5O3S/c21-12-1-2-16(28(30)31)14(9-12)19(29)24-3-4-26-5-7-27(8-6-26)20-25-18-15(23)10-13(22)11-17(18)32-20/h1-2,9-11H,3-8H2,(H,24,29). The summed E-state index contributed by atoms with van der Waals surface area (Å²) in [5.74, 6) is -1.85. The van der Waals surface area contributed by atoms with E-state index in [-0.39, 0.29) is 21.8 Å². The molecule has 3 aromatic rings. The van der Waals surface area contributed by atoms with Gasteiger partial charge in [-0.05, 0) is 18.2 Å². The third kappa shape index (κ3) is 4.79. The number of piperazine rings is 1. The number of thiazole rings is 1. The minimum absolute atomic E-state index is 0.0770. The van der Waals surface area contributed by atoms with Crippen molar-refractivity contribution in [3.63, 3.8) is 0 Å². The molecule has 0 aliphatic carbocycles. The summed E-state index contributed by atoms with van der Waals surface area (Å²) in [5.41, 5.74) is -0.203. The van der Waals surface area contributed by atoms with E-state index in [0.29, 0.717) is 49.1 Å². The van der Waals surface area contributed by atoms with E-state index in [9.17, 15) is 23.7 Å². The minimum atomic E-state index is -0.670. The largest absolute Gasteiger partial charge is 0.351 e. The summed E-state index contributed by atoms with van der Waals surface area (Å²) in [6, 6.07) is 5.96. The van der Waals surface area contributed by atoms with Crippen molar-refractivity contribution in [3.8, 4) is 0 Å². The van der Waals surface area contributed by atoms with Crippen LogP contribution < -0.4 is 10.2 Å². The van der Waals surface area contributed by atoms with E-state index < -0.39 is 22.5 Å². The lowest BCUT2D eigenvalue weighted by Gasteiger charge is -2.34. The molecule has 32 heavy (non-hydrogen) atoms. The highest BCUT2D eigenvalue weighted by Gasteiger charge is 2.23. The molecular weight excluding hydrogens is 464 g/mol. The number of amides is 1. The molecule has 2 heterocycles. The van der Waals surface area contributed by atoms with Crippen LogP contribution in [0.1, 0.15) is 10.4 Å². The fourth-order valence-corrected chi connectivity index (χ4v) is 4.74. The second-order valence-electron chi connectivity index (χ2n) is 7.23. The molecule has 0 unspecified atom stereocenters. The summed E-state index contributed by atoms with van der Waals surface area (Å²) in [7, 11) is 0. The molecule has 0 atom stereocenters. The monoisotopic (exact) mass is 481 g/mol. The number of benzene rings is 2. The fraction of sp³-hybridized carbons (Fsp3) is 0.300. The Bertz CT molecular complexity index is 1180. The molecule has 4 rings (SSSR count). The summed E-state index contributed by atoms with van der Waals surface area (Å²) in [5, 5.41) is 14.7. The topological polar surface area (TPSA) is 91.6 Å². The molecule has 1 fully saturated rings. The van der Waals surface area contributed by atoms with Crippen molar-refractivity contribution >= 4 is 49.9 Å². The first-order chi connectivity index (χ1) is 15.3. The van der Waals surface area contributed by atoms with Crippen molar-refractivity contribution in [2.45, 2.75) is 0 Å². The number of rotatable bonds is 6. The molecule has 8 nitrogen and oxygen atoms in total. The van der Waals surface area contributed by atoms with Crippen molar-refractivity contribution in [2.75, 3.05) is 44.2 Å². The predicted molar refractivity (Wildman–Crippen MR) is 119 cm³/mol. The van der Waals surface area contributed by atoms with Crippen LogP contribution in [0.25, 0.3) is 10.2 Å². The second kappa shape index (κ2) is 9.31. The number of hydrogen-bond acceptors (Lipinski definition) is 7. The lowest BCUT2D eigenvalue weighted by atomic mass is 10.1. The fourth-order valence-electron chi connectivity index (χ4n) is 3.52. The quantitative estimate of drug-likeness (QED) is 0.426. The molecule has 12 heteroatoms. The normalized spacial score (nSPS) is 14.7. The van der Waals surface area contributed by atoms with Gasteiger partial charge in [0.25, 0.3) is 11.6 Å². The van der Waals surface area contributed by atoms with Crippen LogP contribution in [0.5, 0.6) is 0 Å². The van der Waals surface area contributed by atoms with Gasteiger partial charge in [0.05, 0.1) is 9.62 Å². The van der Waals surface area contributed by atoms with Gasteiger partial charge in [-0.3, -0.25) is 19.8 Å². The van der Waals surface area contributed by atoms with Crippen LogP contribution in [0.4, 0.5) is 19.6 Å². The molecule has 1 N–H and O–H groups in total. The maximum absolute atomic E-state index is 13.9. The van der Waals surface area contributed by atoms with Crippen molar-refractivity contribution in [1.82, 2.24) is 15.2 Å². The molecule has 2 aromatic carbocycles. The second-order valence-corrected chi connectivity index (χ2v) is 8.68. The lowest BCUT2D eigenvalue weighted by Crippen LogP contribution is -2.48. The Morgan fingerprint density at radius 1 is 1.22 bits per heavy atom. The number of nitrogens with zero attached hydrogens (tertiary/aromatic N) is 4. The highest BCUT2D eigenvalue weighted by Crippen LogP contribution is 2.31. The zero-order valence-corrected chi connectivity index (χ0v) is 18.3. The number of carbonyl (C=O) groups is 1. The summed E-state index contributed by atoms with van der Waals surface area (Å²) >= 11 is 7.12. The number of anilines is 1. The molecule has 1 amide bonds. The molecular formula is C20H18ClF2N5O3S. The lowest BCUT2D eigenvalue weighted by molar-refractivity contribution is -0.385. The van der Waals surface area contributed by atoms with Gasteiger partial charge in [-0.1, -0.05) is 22.9 Å².